The third-order valence-electron chi connectivity index (χ3n) is 4.22. The van der Waals surface area contributed by atoms with E-state index >= 15 is 0 Å². The Kier molecular flexibility index (Phi) is 6.30. The molecule has 0 radical (unpaired) electrons. The van der Waals surface area contributed by atoms with E-state index in [1.165, 1.54) is 5.39 Å². The summed E-state index contributed by atoms with van der Waals surface area (Å²) in [5, 5.41) is 12.8. The molecule has 0 saturated heterocycles. The summed E-state index contributed by atoms with van der Waals surface area (Å²) < 4.78 is 11.3. The van der Waals surface area contributed by atoms with Crippen LogP contribution in [0.15, 0.2) is 58.0 Å². The van der Waals surface area contributed by atoms with Gasteiger partial charge in [0.05, 0.1) is 18.8 Å². The van der Waals surface area contributed by atoms with Crippen LogP contribution in [0.3, 0.4) is 0 Å². The average Bonchev–Trinajstić information content (AvgIpc) is 3.17. The summed E-state index contributed by atoms with van der Waals surface area (Å²) in [7, 11) is 1.74. The summed E-state index contributed by atoms with van der Waals surface area (Å²) in [4.78, 5) is 4.22. The molecule has 2 aromatic carbocycles. The number of rotatable bonds is 7. The monoisotopic (exact) mass is 366 g/mol. The Labute approximate surface area is 159 Å². The molecule has 0 atom stereocenters. The van der Waals surface area contributed by atoms with E-state index in [9.17, 15) is 0 Å². The van der Waals surface area contributed by atoms with Crippen LogP contribution in [0, 0.1) is 0 Å². The van der Waals surface area contributed by atoms with Crippen molar-refractivity contribution < 1.29 is 9.26 Å². The largest absolute Gasteiger partial charge is 0.491 e. The summed E-state index contributed by atoms with van der Waals surface area (Å²) in [6, 6.07) is 16.3. The molecule has 0 aliphatic carbocycles. The topological polar surface area (TPSA) is 71.7 Å². The van der Waals surface area contributed by atoms with Crippen molar-refractivity contribution in [3.8, 4) is 5.75 Å². The lowest BCUT2D eigenvalue weighted by atomic mass is 10.1. The second kappa shape index (κ2) is 9.07. The van der Waals surface area contributed by atoms with Gasteiger partial charge >= 0.3 is 0 Å². The molecule has 6 heteroatoms. The van der Waals surface area contributed by atoms with Crippen molar-refractivity contribution >= 4 is 16.7 Å². The minimum Gasteiger partial charge on any atom is -0.491 e. The molecule has 1 heterocycles. The van der Waals surface area contributed by atoms with Gasteiger partial charge < -0.3 is 19.9 Å². The Bertz CT molecular complexity index is 897. The minimum absolute atomic E-state index is 0.353. The maximum Gasteiger partial charge on any atom is 0.191 e. The highest BCUT2D eigenvalue weighted by molar-refractivity contribution is 5.88. The van der Waals surface area contributed by atoms with Gasteiger partial charge in [-0.25, -0.2) is 0 Å². The van der Waals surface area contributed by atoms with Crippen molar-refractivity contribution in [1.82, 2.24) is 15.8 Å². The first-order valence-electron chi connectivity index (χ1n) is 9.18. The number of benzene rings is 2. The highest BCUT2D eigenvalue weighted by Crippen LogP contribution is 2.24. The molecular weight excluding hydrogens is 340 g/mol. The normalized spacial score (nSPS) is 11.8. The van der Waals surface area contributed by atoms with Gasteiger partial charge in [-0.15, -0.1) is 0 Å². The summed E-state index contributed by atoms with van der Waals surface area (Å²) in [5.41, 5.74) is 0.957. The van der Waals surface area contributed by atoms with Crippen LogP contribution in [-0.2, 0) is 6.54 Å². The lowest BCUT2D eigenvalue weighted by Gasteiger charge is -2.12. The molecular formula is C21H26N4O2. The molecule has 6 nitrogen and oxygen atoms in total. The number of hydrogen-bond acceptors (Lipinski definition) is 4. The van der Waals surface area contributed by atoms with Crippen molar-refractivity contribution in [2.45, 2.75) is 26.3 Å². The van der Waals surface area contributed by atoms with E-state index in [1.54, 1.807) is 7.05 Å². The molecule has 3 rings (SSSR count). The van der Waals surface area contributed by atoms with Crippen molar-refractivity contribution in [2.24, 2.45) is 4.99 Å². The fourth-order valence-electron chi connectivity index (χ4n) is 2.73. The first kappa shape index (κ1) is 18.8. The Balaban J connectivity index is 1.45. The standard InChI is InChI=1S/C21H26N4O2/c1-15(2)19-13-17(27-25-19)14-24-21(22-3)23-11-12-26-20-10-6-8-16-7-4-5-9-18(16)20/h4-10,13,15H,11-12,14H2,1-3H3,(H2,22,23,24). The van der Waals surface area contributed by atoms with Crippen LogP contribution in [0.5, 0.6) is 5.75 Å². The molecule has 0 unspecified atom stereocenters. The van der Waals surface area contributed by atoms with E-state index in [-0.39, 0.29) is 0 Å². The number of ether oxygens (including phenoxy) is 1. The zero-order valence-corrected chi connectivity index (χ0v) is 16.0. The van der Waals surface area contributed by atoms with Gasteiger partial charge in [0.15, 0.2) is 11.7 Å². The lowest BCUT2D eigenvalue weighted by molar-refractivity contribution is 0.325. The maximum absolute atomic E-state index is 5.93. The van der Waals surface area contributed by atoms with Gasteiger partial charge in [-0.2, -0.15) is 0 Å². The highest BCUT2D eigenvalue weighted by Gasteiger charge is 2.08. The van der Waals surface area contributed by atoms with Crippen molar-refractivity contribution in [2.75, 3.05) is 20.2 Å². The minimum atomic E-state index is 0.353. The average molecular weight is 366 g/mol. The third kappa shape index (κ3) is 5.00. The molecule has 0 aliphatic heterocycles. The summed E-state index contributed by atoms with van der Waals surface area (Å²) >= 11 is 0. The van der Waals surface area contributed by atoms with Crippen LogP contribution in [0.25, 0.3) is 10.8 Å². The Hall–Kier alpha value is -3.02. The molecule has 2 N–H and O–H groups in total. The first-order chi connectivity index (χ1) is 13.2. The molecule has 0 amide bonds. The SMILES string of the molecule is CN=C(NCCOc1cccc2ccccc12)NCc1cc(C(C)C)no1. The number of guanidine groups is 1. The number of nitrogens with one attached hydrogen (secondary N) is 2. The van der Waals surface area contributed by atoms with Crippen LogP contribution >= 0.6 is 0 Å². The molecule has 27 heavy (non-hydrogen) atoms. The van der Waals surface area contributed by atoms with Gasteiger partial charge in [0.25, 0.3) is 0 Å². The van der Waals surface area contributed by atoms with Gasteiger partial charge in [-0.3, -0.25) is 4.99 Å². The zero-order chi connectivity index (χ0) is 19.1. The summed E-state index contributed by atoms with van der Waals surface area (Å²) in [6.07, 6.45) is 0. The smallest absolute Gasteiger partial charge is 0.191 e. The predicted octanol–water partition coefficient (Wildman–Crippen LogP) is 3.70. The molecule has 142 valence electrons. The number of hydrogen-bond donors (Lipinski definition) is 2. The predicted molar refractivity (Wildman–Crippen MR) is 108 cm³/mol. The second-order valence-corrected chi connectivity index (χ2v) is 6.55. The van der Waals surface area contributed by atoms with Crippen LogP contribution in [0.4, 0.5) is 0 Å². The van der Waals surface area contributed by atoms with Gasteiger partial charge in [-0.1, -0.05) is 55.4 Å². The van der Waals surface area contributed by atoms with E-state index in [0.29, 0.717) is 31.6 Å². The van der Waals surface area contributed by atoms with Crippen LogP contribution in [0.1, 0.15) is 31.2 Å². The molecule has 1 aromatic heterocycles. The highest BCUT2D eigenvalue weighted by atomic mass is 16.5. The van der Waals surface area contributed by atoms with Gasteiger partial charge in [-0.05, 0) is 17.4 Å². The van der Waals surface area contributed by atoms with E-state index in [1.807, 2.05) is 30.3 Å². The Morgan fingerprint density at radius 2 is 1.96 bits per heavy atom. The van der Waals surface area contributed by atoms with Gasteiger partial charge in [0.2, 0.25) is 0 Å². The van der Waals surface area contributed by atoms with Crippen molar-refractivity contribution in [1.29, 1.82) is 0 Å². The van der Waals surface area contributed by atoms with Crippen LogP contribution in [0.2, 0.25) is 0 Å². The van der Waals surface area contributed by atoms with Crippen LogP contribution < -0.4 is 15.4 Å². The molecule has 3 aromatic rings. The van der Waals surface area contributed by atoms with Crippen molar-refractivity contribution in [3.05, 3.63) is 60.0 Å². The molecule has 0 saturated carbocycles. The van der Waals surface area contributed by atoms with Crippen LogP contribution in [-0.4, -0.2) is 31.3 Å². The summed E-state index contributed by atoms with van der Waals surface area (Å²) in [6.45, 7) is 5.88. The van der Waals surface area contributed by atoms with Gasteiger partial charge in [0.1, 0.15) is 12.4 Å². The summed E-state index contributed by atoms with van der Waals surface area (Å²) in [5.74, 6) is 2.72. The van der Waals surface area contributed by atoms with E-state index in [2.05, 4.69) is 52.8 Å². The second-order valence-electron chi connectivity index (χ2n) is 6.55. The fourth-order valence-corrected chi connectivity index (χ4v) is 2.73. The molecule has 0 bridgehead atoms. The van der Waals surface area contributed by atoms with E-state index in [0.717, 1.165) is 22.6 Å². The fraction of sp³-hybridized carbons (Fsp3) is 0.333. The van der Waals surface area contributed by atoms with Gasteiger partial charge in [0, 0.05) is 18.5 Å². The quantitative estimate of drug-likeness (QED) is 0.379. The third-order valence-corrected chi connectivity index (χ3v) is 4.22. The number of aliphatic imine (C=N–C) groups is 1. The number of nitrogens with zero attached hydrogens (tertiary/aromatic N) is 2. The Morgan fingerprint density at radius 3 is 2.74 bits per heavy atom. The number of fused-ring (bicyclic) bond motifs is 1. The molecule has 0 aliphatic rings. The van der Waals surface area contributed by atoms with E-state index in [4.69, 9.17) is 9.26 Å². The van der Waals surface area contributed by atoms with E-state index < -0.39 is 0 Å². The number of aromatic nitrogens is 1. The zero-order valence-electron chi connectivity index (χ0n) is 16.0. The molecule has 0 spiro atoms. The molecule has 0 fully saturated rings. The maximum atomic E-state index is 5.93. The van der Waals surface area contributed by atoms with Crippen molar-refractivity contribution in [3.63, 3.8) is 0 Å². The first-order valence-corrected chi connectivity index (χ1v) is 9.18. The lowest BCUT2D eigenvalue weighted by Crippen LogP contribution is -2.38. The Morgan fingerprint density at radius 1 is 1.15 bits per heavy atom.